The van der Waals surface area contributed by atoms with Gasteiger partial charge in [-0.3, -0.25) is 4.79 Å². The summed E-state index contributed by atoms with van der Waals surface area (Å²) in [5, 5.41) is 29.9. The quantitative estimate of drug-likeness (QED) is 0.547. The largest absolute Gasteiger partial charge is 0.507 e. The Labute approximate surface area is 175 Å². The lowest BCUT2D eigenvalue weighted by molar-refractivity contribution is 0.0693. The third kappa shape index (κ3) is 5.18. The van der Waals surface area contributed by atoms with Crippen molar-refractivity contribution in [1.29, 1.82) is 0 Å². The molecule has 0 spiro atoms. The minimum Gasteiger partial charge on any atom is -0.507 e. The standard InChI is InChI=1S/C20H16ClN3O4S/c1-11-2-4-12(5-3-11)10-22-17(26)19-24-23-18(29-19)15(21)9-13-6-7-16(25)14(8-13)20(27)28/h2-9,25H,10H2,1H3,(H,22,26)(H,27,28)/b15-9-. The fourth-order valence-corrected chi connectivity index (χ4v) is 3.35. The van der Waals surface area contributed by atoms with Crippen LogP contribution < -0.4 is 5.32 Å². The van der Waals surface area contributed by atoms with Crippen molar-refractivity contribution in [1.82, 2.24) is 15.5 Å². The SMILES string of the molecule is Cc1ccc(CNC(=O)c2nnc(/C(Cl)=C/c3ccc(O)c(C(=O)O)c3)s2)cc1. The van der Waals surface area contributed by atoms with Crippen molar-refractivity contribution in [3.8, 4) is 5.75 Å². The van der Waals surface area contributed by atoms with Crippen LogP contribution in [-0.4, -0.2) is 32.3 Å². The summed E-state index contributed by atoms with van der Waals surface area (Å²) in [5.74, 6) is -1.96. The smallest absolute Gasteiger partial charge is 0.339 e. The molecule has 1 amide bonds. The van der Waals surface area contributed by atoms with E-state index in [1.807, 2.05) is 31.2 Å². The Balaban J connectivity index is 1.70. The molecule has 0 radical (unpaired) electrons. The van der Waals surface area contributed by atoms with E-state index in [1.165, 1.54) is 24.3 Å². The number of phenols is 1. The molecule has 0 saturated carbocycles. The molecule has 0 saturated heterocycles. The van der Waals surface area contributed by atoms with Gasteiger partial charge in [0.1, 0.15) is 11.3 Å². The summed E-state index contributed by atoms with van der Waals surface area (Å²) in [7, 11) is 0. The van der Waals surface area contributed by atoms with Crippen LogP contribution in [0.25, 0.3) is 11.1 Å². The number of nitrogens with one attached hydrogen (secondary N) is 1. The summed E-state index contributed by atoms with van der Waals surface area (Å²) in [5.41, 5.74) is 2.33. The molecule has 0 aliphatic carbocycles. The number of carbonyl (C=O) groups excluding carboxylic acids is 1. The van der Waals surface area contributed by atoms with Crippen molar-refractivity contribution in [2.75, 3.05) is 0 Å². The van der Waals surface area contributed by atoms with Crippen LogP contribution in [-0.2, 0) is 6.54 Å². The first-order valence-electron chi connectivity index (χ1n) is 8.44. The van der Waals surface area contributed by atoms with Crippen molar-refractivity contribution >= 4 is 45.9 Å². The molecule has 0 aliphatic heterocycles. The molecule has 2 aromatic carbocycles. The number of amides is 1. The lowest BCUT2D eigenvalue weighted by Crippen LogP contribution is -2.22. The molecular formula is C20H16ClN3O4S. The summed E-state index contributed by atoms with van der Waals surface area (Å²) in [4.78, 5) is 23.4. The van der Waals surface area contributed by atoms with E-state index in [1.54, 1.807) is 0 Å². The van der Waals surface area contributed by atoms with Gasteiger partial charge in [0, 0.05) is 6.54 Å². The summed E-state index contributed by atoms with van der Waals surface area (Å²) >= 11 is 7.26. The van der Waals surface area contributed by atoms with Crippen LogP contribution in [0.2, 0.25) is 0 Å². The Kier molecular flexibility index (Phi) is 6.26. The molecule has 29 heavy (non-hydrogen) atoms. The summed E-state index contributed by atoms with van der Waals surface area (Å²) in [6.45, 7) is 2.35. The average molecular weight is 430 g/mol. The van der Waals surface area contributed by atoms with Gasteiger partial charge in [-0.05, 0) is 36.3 Å². The first-order chi connectivity index (χ1) is 13.8. The second kappa shape index (κ2) is 8.85. The van der Waals surface area contributed by atoms with Crippen molar-refractivity contribution < 1.29 is 19.8 Å². The van der Waals surface area contributed by atoms with Crippen LogP contribution in [0.5, 0.6) is 5.75 Å². The highest BCUT2D eigenvalue weighted by molar-refractivity contribution is 7.15. The topological polar surface area (TPSA) is 112 Å². The van der Waals surface area contributed by atoms with E-state index in [4.69, 9.17) is 16.7 Å². The van der Waals surface area contributed by atoms with Crippen LogP contribution in [0.3, 0.4) is 0 Å². The number of nitrogens with zero attached hydrogens (tertiary/aromatic N) is 2. The van der Waals surface area contributed by atoms with Crippen LogP contribution in [0, 0.1) is 6.92 Å². The number of hydrogen-bond acceptors (Lipinski definition) is 6. The maximum absolute atomic E-state index is 12.3. The molecule has 0 unspecified atom stereocenters. The third-order valence-electron chi connectivity index (χ3n) is 3.94. The Morgan fingerprint density at radius 1 is 1.14 bits per heavy atom. The number of aromatic carboxylic acids is 1. The number of rotatable bonds is 6. The average Bonchev–Trinajstić information content (AvgIpc) is 3.19. The van der Waals surface area contributed by atoms with Gasteiger partial charge in [0.2, 0.25) is 5.01 Å². The Hall–Kier alpha value is -3.23. The first kappa shape index (κ1) is 20.5. The van der Waals surface area contributed by atoms with Gasteiger partial charge < -0.3 is 15.5 Å². The number of aromatic hydroxyl groups is 1. The van der Waals surface area contributed by atoms with Crippen molar-refractivity contribution in [2.45, 2.75) is 13.5 Å². The van der Waals surface area contributed by atoms with Gasteiger partial charge in [0.25, 0.3) is 5.91 Å². The molecule has 3 rings (SSSR count). The van der Waals surface area contributed by atoms with Gasteiger partial charge in [0.15, 0.2) is 5.01 Å². The maximum Gasteiger partial charge on any atom is 0.339 e. The summed E-state index contributed by atoms with van der Waals surface area (Å²) in [6, 6.07) is 11.9. The normalized spacial score (nSPS) is 11.3. The lowest BCUT2D eigenvalue weighted by Gasteiger charge is -2.03. The van der Waals surface area contributed by atoms with E-state index in [9.17, 15) is 14.7 Å². The highest BCUT2D eigenvalue weighted by Gasteiger charge is 2.15. The molecule has 0 fully saturated rings. The van der Waals surface area contributed by atoms with Gasteiger partial charge in [-0.25, -0.2) is 4.79 Å². The lowest BCUT2D eigenvalue weighted by atomic mass is 10.1. The zero-order valence-electron chi connectivity index (χ0n) is 15.2. The number of carboxylic acid groups (broad SMARTS) is 1. The second-order valence-electron chi connectivity index (χ2n) is 6.15. The molecule has 7 nitrogen and oxygen atoms in total. The minimum absolute atomic E-state index is 0.163. The molecule has 0 bridgehead atoms. The molecule has 0 atom stereocenters. The molecule has 148 valence electrons. The van der Waals surface area contributed by atoms with E-state index in [2.05, 4.69) is 15.5 Å². The molecule has 3 N–H and O–H groups in total. The monoisotopic (exact) mass is 429 g/mol. The van der Waals surface area contributed by atoms with E-state index >= 15 is 0 Å². The van der Waals surface area contributed by atoms with Crippen LogP contribution in [0.15, 0.2) is 42.5 Å². The highest BCUT2D eigenvalue weighted by atomic mass is 35.5. The zero-order valence-corrected chi connectivity index (χ0v) is 16.8. The predicted octanol–water partition coefficient (Wildman–Crippen LogP) is 3.92. The van der Waals surface area contributed by atoms with Gasteiger partial charge in [-0.1, -0.05) is 58.8 Å². The second-order valence-corrected chi connectivity index (χ2v) is 7.54. The molecular weight excluding hydrogens is 414 g/mol. The van der Waals surface area contributed by atoms with Crippen LogP contribution in [0.1, 0.15) is 41.9 Å². The van der Waals surface area contributed by atoms with Gasteiger partial charge in [-0.15, -0.1) is 10.2 Å². The zero-order chi connectivity index (χ0) is 21.0. The number of benzene rings is 2. The van der Waals surface area contributed by atoms with Gasteiger partial charge >= 0.3 is 5.97 Å². The van der Waals surface area contributed by atoms with Crippen LogP contribution >= 0.6 is 22.9 Å². The third-order valence-corrected chi connectivity index (χ3v) is 5.30. The van der Waals surface area contributed by atoms with Crippen LogP contribution in [0.4, 0.5) is 0 Å². The summed E-state index contributed by atoms with van der Waals surface area (Å²) in [6.07, 6.45) is 1.49. The number of aryl methyl sites for hydroxylation is 1. The number of carbonyl (C=O) groups is 2. The molecule has 0 aliphatic rings. The van der Waals surface area contributed by atoms with E-state index in [-0.39, 0.29) is 27.3 Å². The Bertz CT molecular complexity index is 1090. The number of carboxylic acids is 1. The predicted molar refractivity (Wildman–Crippen MR) is 111 cm³/mol. The number of aromatic nitrogens is 2. The van der Waals surface area contributed by atoms with E-state index < -0.39 is 5.97 Å². The van der Waals surface area contributed by atoms with Crippen molar-refractivity contribution in [2.24, 2.45) is 0 Å². The first-order valence-corrected chi connectivity index (χ1v) is 9.64. The fraction of sp³-hybridized carbons (Fsp3) is 0.100. The van der Waals surface area contributed by atoms with Gasteiger partial charge in [-0.2, -0.15) is 0 Å². The molecule has 9 heteroatoms. The fourth-order valence-electron chi connectivity index (χ4n) is 2.40. The molecule has 3 aromatic rings. The Morgan fingerprint density at radius 2 is 1.83 bits per heavy atom. The number of halogens is 1. The summed E-state index contributed by atoms with van der Waals surface area (Å²) < 4.78 is 0. The van der Waals surface area contributed by atoms with E-state index in [0.717, 1.165) is 22.5 Å². The Morgan fingerprint density at radius 3 is 2.52 bits per heavy atom. The highest BCUT2D eigenvalue weighted by Crippen LogP contribution is 2.27. The van der Waals surface area contributed by atoms with Crippen molar-refractivity contribution in [3.63, 3.8) is 0 Å². The molecule has 1 heterocycles. The maximum atomic E-state index is 12.3. The van der Waals surface area contributed by atoms with Crippen molar-refractivity contribution in [3.05, 3.63) is 74.7 Å². The molecule has 1 aromatic heterocycles. The minimum atomic E-state index is -1.25. The van der Waals surface area contributed by atoms with E-state index in [0.29, 0.717) is 17.1 Å². The van der Waals surface area contributed by atoms with Gasteiger partial charge in [0.05, 0.1) is 5.03 Å². The number of hydrogen-bond donors (Lipinski definition) is 3.